The molecule has 4 rings (SSSR count). The van der Waals surface area contributed by atoms with Crippen LogP contribution >= 0.6 is 0 Å². The van der Waals surface area contributed by atoms with E-state index < -0.39 is 11.7 Å². The van der Waals surface area contributed by atoms with Crippen LogP contribution in [0.2, 0.25) is 0 Å². The average Bonchev–Trinajstić information content (AvgIpc) is 3.31. The Labute approximate surface area is 165 Å². The minimum atomic E-state index is -4.45. The number of amides is 2. The van der Waals surface area contributed by atoms with E-state index in [1.807, 2.05) is 0 Å². The summed E-state index contributed by atoms with van der Waals surface area (Å²) in [6, 6.07) is 2.29. The molecule has 2 amide bonds. The van der Waals surface area contributed by atoms with Gasteiger partial charge in [0.2, 0.25) is 11.8 Å². The number of fused-ring (bicyclic) bond motifs is 1. The Bertz CT molecular complexity index is 926. The summed E-state index contributed by atoms with van der Waals surface area (Å²) in [5.41, 5.74) is -0.408. The van der Waals surface area contributed by atoms with Crippen LogP contribution in [0.4, 0.5) is 13.2 Å². The number of carbonyl (C=O) groups excluding carboxylic acids is 2. The largest absolute Gasteiger partial charge is 0.417 e. The highest BCUT2D eigenvalue weighted by atomic mass is 19.4. The standard InChI is InChI=1S/C19H22F3N5O2/c20-19(21,22)14-5-6-15-23-24-18(27(15)12-14)13-3-1-9-26(11-13)17(29)7-10-25-8-2-4-16(25)28/h5-6,12-13H,1-4,7-11H2. The van der Waals surface area contributed by atoms with Crippen LogP contribution in [-0.4, -0.2) is 62.4 Å². The van der Waals surface area contributed by atoms with Crippen molar-refractivity contribution in [1.82, 2.24) is 24.4 Å². The molecular formula is C19H22F3N5O2. The SMILES string of the molecule is O=C1CCCN1CCC(=O)N1CCCC(c2nnc3ccc(C(F)(F)F)cn23)C1. The van der Waals surface area contributed by atoms with E-state index >= 15 is 0 Å². The fraction of sp³-hybridized carbons (Fsp3) is 0.579. The van der Waals surface area contributed by atoms with Crippen LogP contribution in [0, 0.1) is 0 Å². The molecular weight excluding hydrogens is 387 g/mol. The smallest absolute Gasteiger partial charge is 0.342 e. The number of halogens is 3. The zero-order valence-electron chi connectivity index (χ0n) is 15.9. The number of aromatic nitrogens is 3. The lowest BCUT2D eigenvalue weighted by molar-refractivity contribution is -0.138. The lowest BCUT2D eigenvalue weighted by Crippen LogP contribution is -2.41. The van der Waals surface area contributed by atoms with E-state index in [9.17, 15) is 22.8 Å². The van der Waals surface area contributed by atoms with Crippen molar-refractivity contribution in [2.75, 3.05) is 26.2 Å². The molecule has 1 unspecified atom stereocenters. The summed E-state index contributed by atoms with van der Waals surface area (Å²) in [7, 11) is 0. The van der Waals surface area contributed by atoms with Gasteiger partial charge in [0.25, 0.3) is 0 Å². The van der Waals surface area contributed by atoms with Crippen molar-refractivity contribution in [3.8, 4) is 0 Å². The maximum absolute atomic E-state index is 13.1. The fourth-order valence-corrected chi connectivity index (χ4v) is 4.10. The third kappa shape index (κ3) is 4.06. The second kappa shape index (κ2) is 7.64. The van der Waals surface area contributed by atoms with E-state index in [2.05, 4.69) is 10.2 Å². The molecule has 1 atom stereocenters. The maximum Gasteiger partial charge on any atom is 0.417 e. The van der Waals surface area contributed by atoms with E-state index in [0.29, 0.717) is 44.1 Å². The molecule has 0 radical (unpaired) electrons. The van der Waals surface area contributed by atoms with Gasteiger partial charge in [-0.1, -0.05) is 0 Å². The first-order valence-electron chi connectivity index (χ1n) is 9.80. The summed E-state index contributed by atoms with van der Waals surface area (Å²) < 4.78 is 40.6. The number of hydrogen-bond donors (Lipinski definition) is 0. The molecule has 2 aliphatic heterocycles. The van der Waals surface area contributed by atoms with Crippen molar-refractivity contribution < 1.29 is 22.8 Å². The van der Waals surface area contributed by atoms with Crippen LogP contribution in [0.15, 0.2) is 18.3 Å². The molecule has 29 heavy (non-hydrogen) atoms. The Morgan fingerprint density at radius 2 is 2.00 bits per heavy atom. The topological polar surface area (TPSA) is 70.8 Å². The van der Waals surface area contributed by atoms with E-state index in [1.165, 1.54) is 10.5 Å². The molecule has 2 saturated heterocycles. The number of rotatable bonds is 4. The van der Waals surface area contributed by atoms with Crippen molar-refractivity contribution in [3.63, 3.8) is 0 Å². The summed E-state index contributed by atoms with van der Waals surface area (Å²) in [5, 5.41) is 8.09. The van der Waals surface area contributed by atoms with E-state index in [1.54, 1.807) is 9.80 Å². The highest BCUT2D eigenvalue weighted by molar-refractivity contribution is 5.80. The van der Waals surface area contributed by atoms with Gasteiger partial charge in [-0.25, -0.2) is 0 Å². The Kier molecular flexibility index (Phi) is 5.18. The fourth-order valence-electron chi connectivity index (χ4n) is 4.10. The van der Waals surface area contributed by atoms with E-state index in [0.717, 1.165) is 31.5 Å². The van der Waals surface area contributed by atoms with Crippen molar-refractivity contribution >= 4 is 17.5 Å². The first kappa shape index (κ1) is 19.7. The van der Waals surface area contributed by atoms with Crippen LogP contribution in [0.25, 0.3) is 5.65 Å². The summed E-state index contributed by atoms with van der Waals surface area (Å²) in [6.45, 7) is 2.11. The second-order valence-electron chi connectivity index (χ2n) is 7.62. The normalized spacial score (nSPS) is 20.7. The number of hydrogen-bond acceptors (Lipinski definition) is 4. The number of likely N-dealkylation sites (tertiary alicyclic amines) is 2. The van der Waals surface area contributed by atoms with Gasteiger partial charge in [-0.05, 0) is 31.4 Å². The molecule has 0 N–H and O–H groups in total. The third-order valence-electron chi connectivity index (χ3n) is 5.66. The third-order valence-corrected chi connectivity index (χ3v) is 5.66. The van der Waals surface area contributed by atoms with E-state index in [4.69, 9.17) is 0 Å². The number of carbonyl (C=O) groups is 2. The van der Waals surface area contributed by atoms with Crippen molar-refractivity contribution in [1.29, 1.82) is 0 Å². The van der Waals surface area contributed by atoms with Gasteiger partial charge >= 0.3 is 6.18 Å². The molecule has 2 fully saturated rings. The number of nitrogens with zero attached hydrogens (tertiary/aromatic N) is 5. The highest BCUT2D eigenvalue weighted by Crippen LogP contribution is 2.31. The number of piperidine rings is 1. The number of alkyl halides is 3. The minimum Gasteiger partial charge on any atom is -0.342 e. The molecule has 2 aromatic heterocycles. The van der Waals surface area contributed by atoms with E-state index in [-0.39, 0.29) is 24.2 Å². The Hall–Kier alpha value is -2.65. The molecule has 0 spiro atoms. The molecule has 0 aromatic carbocycles. The van der Waals surface area contributed by atoms with Gasteiger partial charge < -0.3 is 9.80 Å². The minimum absolute atomic E-state index is 0.0424. The average molecular weight is 409 g/mol. The van der Waals surface area contributed by atoms with Gasteiger partial charge in [-0.3, -0.25) is 14.0 Å². The van der Waals surface area contributed by atoms with Gasteiger partial charge in [-0.15, -0.1) is 10.2 Å². The van der Waals surface area contributed by atoms with Gasteiger partial charge in [0.1, 0.15) is 5.82 Å². The van der Waals surface area contributed by atoms with Gasteiger partial charge in [0, 0.05) is 51.1 Å². The zero-order valence-corrected chi connectivity index (χ0v) is 15.9. The number of pyridine rings is 1. The summed E-state index contributed by atoms with van der Waals surface area (Å²) in [4.78, 5) is 27.8. The maximum atomic E-state index is 13.1. The summed E-state index contributed by atoms with van der Waals surface area (Å²) in [6.07, 6.45) is -0.324. The molecule has 2 aromatic rings. The molecule has 156 valence electrons. The Morgan fingerprint density at radius 3 is 2.72 bits per heavy atom. The summed E-state index contributed by atoms with van der Waals surface area (Å²) >= 11 is 0. The molecule has 0 saturated carbocycles. The van der Waals surface area contributed by atoms with Crippen LogP contribution in [-0.2, 0) is 15.8 Å². The molecule has 0 bridgehead atoms. The lowest BCUT2D eigenvalue weighted by Gasteiger charge is -2.32. The zero-order chi connectivity index (χ0) is 20.6. The molecule has 4 heterocycles. The van der Waals surface area contributed by atoms with Crippen molar-refractivity contribution in [3.05, 3.63) is 29.7 Å². The van der Waals surface area contributed by atoms with Crippen LogP contribution in [0.3, 0.4) is 0 Å². The van der Waals surface area contributed by atoms with Crippen LogP contribution in [0.1, 0.15) is 49.4 Å². The lowest BCUT2D eigenvalue weighted by atomic mass is 9.97. The Balaban J connectivity index is 1.46. The first-order chi connectivity index (χ1) is 13.8. The highest BCUT2D eigenvalue weighted by Gasteiger charge is 2.33. The van der Waals surface area contributed by atoms with Gasteiger partial charge in [0.15, 0.2) is 5.65 Å². The quantitative estimate of drug-likeness (QED) is 0.778. The Morgan fingerprint density at radius 1 is 1.17 bits per heavy atom. The molecule has 7 nitrogen and oxygen atoms in total. The van der Waals surface area contributed by atoms with Crippen LogP contribution in [0.5, 0.6) is 0 Å². The second-order valence-corrected chi connectivity index (χ2v) is 7.62. The van der Waals surface area contributed by atoms with Crippen molar-refractivity contribution in [2.45, 2.75) is 44.2 Å². The summed E-state index contributed by atoms with van der Waals surface area (Å²) in [5.74, 6) is 0.307. The molecule has 0 aliphatic carbocycles. The van der Waals surface area contributed by atoms with Crippen molar-refractivity contribution in [2.24, 2.45) is 0 Å². The van der Waals surface area contributed by atoms with Gasteiger partial charge in [-0.2, -0.15) is 13.2 Å². The predicted octanol–water partition coefficient (Wildman–Crippen LogP) is 2.47. The first-order valence-corrected chi connectivity index (χ1v) is 9.80. The van der Waals surface area contributed by atoms with Gasteiger partial charge in [0.05, 0.1) is 5.56 Å². The molecule has 10 heteroatoms. The monoisotopic (exact) mass is 409 g/mol. The predicted molar refractivity (Wildman–Crippen MR) is 97.0 cm³/mol. The van der Waals surface area contributed by atoms with Crippen LogP contribution < -0.4 is 0 Å². The molecule has 2 aliphatic rings.